The molecule has 0 aromatic heterocycles. The predicted octanol–water partition coefficient (Wildman–Crippen LogP) is 0.419. The van der Waals surface area contributed by atoms with Crippen molar-refractivity contribution in [2.45, 2.75) is 26.1 Å². The Kier molecular flexibility index (Phi) is 5.58. The maximum Gasteiger partial charge on any atom is 0.0804 e. The minimum atomic E-state index is -0.406. The van der Waals surface area contributed by atoms with Gasteiger partial charge in [-0.3, -0.25) is 0 Å². The third-order valence-corrected chi connectivity index (χ3v) is 1.35. The van der Waals surface area contributed by atoms with Crippen molar-refractivity contribution in [3.05, 3.63) is 0 Å². The minimum Gasteiger partial charge on any atom is -0.391 e. The summed E-state index contributed by atoms with van der Waals surface area (Å²) < 4.78 is 9.93. The van der Waals surface area contributed by atoms with E-state index in [-0.39, 0.29) is 6.10 Å². The first-order valence-electron chi connectivity index (χ1n) is 3.47. The summed E-state index contributed by atoms with van der Waals surface area (Å²) in [5.74, 6) is 0. The Morgan fingerprint density at radius 2 is 1.90 bits per heavy atom. The maximum atomic E-state index is 8.95. The molecule has 10 heavy (non-hydrogen) atoms. The number of ether oxygens (including phenoxy) is 2. The van der Waals surface area contributed by atoms with E-state index in [1.165, 1.54) is 0 Å². The summed E-state index contributed by atoms with van der Waals surface area (Å²) in [6, 6.07) is 0. The molecular weight excluding hydrogens is 132 g/mol. The molecule has 0 heterocycles. The van der Waals surface area contributed by atoms with E-state index in [0.717, 1.165) is 0 Å². The van der Waals surface area contributed by atoms with Crippen molar-refractivity contribution in [3.8, 4) is 0 Å². The number of methoxy groups -OCH3 is 1. The summed E-state index contributed by atoms with van der Waals surface area (Å²) in [5, 5.41) is 8.95. The van der Waals surface area contributed by atoms with Crippen LogP contribution in [0.25, 0.3) is 0 Å². The van der Waals surface area contributed by atoms with Gasteiger partial charge in [0.15, 0.2) is 0 Å². The third kappa shape index (κ3) is 4.73. The molecule has 0 amide bonds. The molecule has 0 saturated carbocycles. The van der Waals surface area contributed by atoms with Gasteiger partial charge in [-0.25, -0.2) is 0 Å². The van der Waals surface area contributed by atoms with Crippen LogP contribution in [0.2, 0.25) is 0 Å². The summed E-state index contributed by atoms with van der Waals surface area (Å²) >= 11 is 0. The van der Waals surface area contributed by atoms with E-state index in [0.29, 0.717) is 13.2 Å². The van der Waals surface area contributed by atoms with E-state index in [2.05, 4.69) is 0 Å². The lowest BCUT2D eigenvalue weighted by Gasteiger charge is -2.14. The van der Waals surface area contributed by atoms with Gasteiger partial charge >= 0.3 is 0 Å². The highest BCUT2D eigenvalue weighted by Crippen LogP contribution is 1.96. The Bertz CT molecular complexity index is 73.3. The van der Waals surface area contributed by atoms with Crippen LogP contribution in [0.1, 0.15) is 13.8 Å². The second kappa shape index (κ2) is 5.65. The van der Waals surface area contributed by atoms with E-state index in [9.17, 15) is 0 Å². The molecule has 3 heteroatoms. The molecule has 0 aromatic carbocycles. The largest absolute Gasteiger partial charge is 0.391 e. The number of aliphatic hydroxyl groups excluding tert-OH is 1. The van der Waals surface area contributed by atoms with Gasteiger partial charge in [-0.1, -0.05) is 0 Å². The molecule has 0 saturated heterocycles. The van der Waals surface area contributed by atoms with Gasteiger partial charge in [0, 0.05) is 7.11 Å². The van der Waals surface area contributed by atoms with Gasteiger partial charge < -0.3 is 14.6 Å². The van der Waals surface area contributed by atoms with Crippen molar-refractivity contribution in [2.75, 3.05) is 20.3 Å². The van der Waals surface area contributed by atoms with Crippen molar-refractivity contribution in [1.82, 2.24) is 0 Å². The van der Waals surface area contributed by atoms with E-state index in [4.69, 9.17) is 14.6 Å². The number of aliphatic hydroxyl groups is 1. The van der Waals surface area contributed by atoms with Gasteiger partial charge in [0.2, 0.25) is 0 Å². The normalized spacial score (nSPS) is 16.8. The summed E-state index contributed by atoms with van der Waals surface area (Å²) in [4.78, 5) is 0. The highest BCUT2D eigenvalue weighted by Gasteiger charge is 2.07. The molecule has 0 bridgehead atoms. The Labute approximate surface area is 62.0 Å². The molecule has 0 fully saturated rings. The van der Waals surface area contributed by atoms with Crippen molar-refractivity contribution in [1.29, 1.82) is 0 Å². The van der Waals surface area contributed by atoms with Crippen LogP contribution in [0, 0.1) is 0 Å². The monoisotopic (exact) mass is 148 g/mol. The van der Waals surface area contributed by atoms with Gasteiger partial charge in [-0.2, -0.15) is 0 Å². The molecular formula is C7H16O3. The van der Waals surface area contributed by atoms with Crippen molar-refractivity contribution in [2.24, 2.45) is 0 Å². The minimum absolute atomic E-state index is 0.102. The average Bonchev–Trinajstić information content (AvgIpc) is 1.88. The lowest BCUT2D eigenvalue weighted by molar-refractivity contribution is -0.0348. The molecule has 0 spiro atoms. The Balaban J connectivity index is 3.13. The number of rotatable bonds is 5. The first-order chi connectivity index (χ1) is 4.68. The summed E-state index contributed by atoms with van der Waals surface area (Å²) in [6.45, 7) is 4.66. The van der Waals surface area contributed by atoms with Gasteiger partial charge in [-0.15, -0.1) is 0 Å². The maximum absolute atomic E-state index is 8.95. The third-order valence-electron chi connectivity index (χ3n) is 1.35. The quantitative estimate of drug-likeness (QED) is 0.574. The van der Waals surface area contributed by atoms with Gasteiger partial charge in [0.1, 0.15) is 0 Å². The SMILES string of the molecule is COCCOC(C)C(C)O. The topological polar surface area (TPSA) is 38.7 Å². The van der Waals surface area contributed by atoms with Gasteiger partial charge in [-0.05, 0) is 13.8 Å². The van der Waals surface area contributed by atoms with Crippen LogP contribution in [0.15, 0.2) is 0 Å². The lowest BCUT2D eigenvalue weighted by Crippen LogP contribution is -2.24. The number of hydrogen-bond donors (Lipinski definition) is 1. The molecule has 62 valence electrons. The molecule has 0 aliphatic rings. The Hall–Kier alpha value is -0.120. The summed E-state index contributed by atoms with van der Waals surface area (Å²) in [6.07, 6.45) is -0.507. The predicted molar refractivity (Wildman–Crippen MR) is 39.0 cm³/mol. The highest BCUT2D eigenvalue weighted by molar-refractivity contribution is 4.55. The molecule has 3 nitrogen and oxygen atoms in total. The molecule has 0 aliphatic heterocycles. The molecule has 2 atom stereocenters. The fourth-order valence-corrected chi connectivity index (χ4v) is 0.457. The van der Waals surface area contributed by atoms with Gasteiger partial charge in [0.25, 0.3) is 0 Å². The molecule has 0 radical (unpaired) electrons. The average molecular weight is 148 g/mol. The van der Waals surface area contributed by atoms with Crippen molar-refractivity contribution >= 4 is 0 Å². The fourth-order valence-electron chi connectivity index (χ4n) is 0.457. The van der Waals surface area contributed by atoms with Crippen LogP contribution in [0.3, 0.4) is 0 Å². The zero-order valence-corrected chi connectivity index (χ0v) is 6.83. The second-order valence-corrected chi connectivity index (χ2v) is 2.31. The van der Waals surface area contributed by atoms with Crippen LogP contribution in [-0.4, -0.2) is 37.6 Å². The molecule has 0 aliphatic carbocycles. The Morgan fingerprint density at radius 3 is 2.30 bits per heavy atom. The molecule has 0 aromatic rings. The Morgan fingerprint density at radius 1 is 1.30 bits per heavy atom. The second-order valence-electron chi connectivity index (χ2n) is 2.31. The summed E-state index contributed by atoms with van der Waals surface area (Å²) in [5.41, 5.74) is 0. The summed E-state index contributed by atoms with van der Waals surface area (Å²) in [7, 11) is 1.62. The van der Waals surface area contributed by atoms with Crippen LogP contribution in [0.5, 0.6) is 0 Å². The standard InChI is InChI=1S/C7H16O3/c1-6(8)7(2)10-5-4-9-3/h6-8H,4-5H2,1-3H3. The first-order valence-corrected chi connectivity index (χ1v) is 3.47. The van der Waals surface area contributed by atoms with Crippen molar-refractivity contribution in [3.63, 3.8) is 0 Å². The highest BCUT2D eigenvalue weighted by atomic mass is 16.5. The van der Waals surface area contributed by atoms with E-state index in [1.54, 1.807) is 14.0 Å². The van der Waals surface area contributed by atoms with Crippen LogP contribution < -0.4 is 0 Å². The zero-order chi connectivity index (χ0) is 7.98. The van der Waals surface area contributed by atoms with Gasteiger partial charge in [0.05, 0.1) is 25.4 Å². The first kappa shape index (κ1) is 9.88. The lowest BCUT2D eigenvalue weighted by atomic mass is 10.3. The molecule has 0 rings (SSSR count). The fraction of sp³-hybridized carbons (Fsp3) is 1.00. The van der Waals surface area contributed by atoms with Crippen molar-refractivity contribution < 1.29 is 14.6 Å². The van der Waals surface area contributed by atoms with E-state index >= 15 is 0 Å². The molecule has 1 N–H and O–H groups in total. The smallest absolute Gasteiger partial charge is 0.0804 e. The van der Waals surface area contributed by atoms with E-state index in [1.807, 2.05) is 6.92 Å². The van der Waals surface area contributed by atoms with Crippen LogP contribution >= 0.6 is 0 Å². The molecule has 2 unspecified atom stereocenters. The number of hydrogen-bond acceptors (Lipinski definition) is 3. The van der Waals surface area contributed by atoms with Crippen LogP contribution in [0.4, 0.5) is 0 Å². The van der Waals surface area contributed by atoms with E-state index < -0.39 is 6.10 Å². The van der Waals surface area contributed by atoms with Crippen LogP contribution in [-0.2, 0) is 9.47 Å². The zero-order valence-electron chi connectivity index (χ0n) is 6.83.